The highest BCUT2D eigenvalue weighted by Crippen LogP contribution is 2.14. The molecular formula is C18H24N2O. The minimum absolute atomic E-state index is 0.0951. The van der Waals surface area contributed by atoms with Gasteiger partial charge in [-0.05, 0) is 44.5 Å². The topological polar surface area (TPSA) is 34.0 Å². The normalized spacial score (nSPS) is 10.8. The fourth-order valence-electron chi connectivity index (χ4n) is 2.48. The van der Waals surface area contributed by atoms with E-state index in [-0.39, 0.29) is 5.43 Å². The van der Waals surface area contributed by atoms with Crippen molar-refractivity contribution in [2.24, 2.45) is 0 Å². The van der Waals surface area contributed by atoms with E-state index in [1.807, 2.05) is 20.2 Å². The largest absolute Gasteiger partial charge is 0.321 e. The molecule has 3 heteroatoms. The van der Waals surface area contributed by atoms with Crippen LogP contribution < -0.4 is 10.7 Å². The third-order valence-corrected chi connectivity index (χ3v) is 3.72. The molecule has 112 valence electrons. The van der Waals surface area contributed by atoms with Gasteiger partial charge in [0, 0.05) is 35.8 Å². The van der Waals surface area contributed by atoms with Gasteiger partial charge in [0.25, 0.3) is 0 Å². The number of aromatic nitrogens is 1. The maximum atomic E-state index is 11.9. The molecule has 0 aliphatic rings. The molecule has 0 saturated carbocycles. The fraction of sp³-hybridized carbons (Fsp3) is 0.389. The molecule has 1 aromatic carbocycles. The summed E-state index contributed by atoms with van der Waals surface area (Å²) in [6.45, 7) is 4.77. The summed E-state index contributed by atoms with van der Waals surface area (Å²) in [7, 11) is 1.85. The van der Waals surface area contributed by atoms with E-state index in [0.717, 1.165) is 23.4 Å². The summed E-state index contributed by atoms with van der Waals surface area (Å²) in [6.07, 6.45) is 5.51. The second kappa shape index (κ2) is 7.23. The molecule has 0 atom stereocenters. The number of hydrogen-bond acceptors (Lipinski definition) is 2. The first-order valence-corrected chi connectivity index (χ1v) is 7.61. The average Bonchev–Trinajstić information content (AvgIpc) is 2.49. The van der Waals surface area contributed by atoms with E-state index in [1.165, 1.54) is 18.4 Å². The first-order chi connectivity index (χ1) is 10.2. The van der Waals surface area contributed by atoms with E-state index >= 15 is 0 Å². The number of pyridine rings is 1. The van der Waals surface area contributed by atoms with Crippen molar-refractivity contribution < 1.29 is 0 Å². The smallest absolute Gasteiger partial charge is 0.186 e. The van der Waals surface area contributed by atoms with Gasteiger partial charge in [0.15, 0.2) is 5.43 Å². The Morgan fingerprint density at radius 3 is 2.52 bits per heavy atom. The molecule has 0 saturated heterocycles. The van der Waals surface area contributed by atoms with Crippen molar-refractivity contribution in [3.63, 3.8) is 0 Å². The Bertz CT molecular complexity index is 641. The van der Waals surface area contributed by atoms with Gasteiger partial charge in [0.2, 0.25) is 0 Å². The predicted molar refractivity (Wildman–Crippen MR) is 88.2 cm³/mol. The van der Waals surface area contributed by atoms with Crippen molar-refractivity contribution in [3.05, 3.63) is 63.6 Å². The van der Waals surface area contributed by atoms with Gasteiger partial charge < -0.3 is 9.88 Å². The molecule has 1 aromatic heterocycles. The highest BCUT2D eigenvalue weighted by molar-refractivity contribution is 5.37. The van der Waals surface area contributed by atoms with E-state index in [4.69, 9.17) is 0 Å². The summed E-state index contributed by atoms with van der Waals surface area (Å²) in [5.41, 5.74) is 4.32. The number of benzene rings is 1. The summed E-state index contributed by atoms with van der Waals surface area (Å²) in [4.78, 5) is 11.9. The number of nitrogens with zero attached hydrogens (tertiary/aromatic N) is 1. The Morgan fingerprint density at radius 2 is 1.90 bits per heavy atom. The van der Waals surface area contributed by atoms with Crippen LogP contribution in [0.15, 0.2) is 41.3 Å². The van der Waals surface area contributed by atoms with E-state index in [9.17, 15) is 4.79 Å². The summed E-state index contributed by atoms with van der Waals surface area (Å²) in [5, 5.41) is 3.04. The minimum Gasteiger partial charge on any atom is -0.321 e. The van der Waals surface area contributed by atoms with Crippen LogP contribution in [0, 0.1) is 6.92 Å². The van der Waals surface area contributed by atoms with Crippen molar-refractivity contribution in [1.29, 1.82) is 0 Å². The SMILES string of the molecule is CCCCc1ccc(-n2cc(CNC)c(=O)cc2C)cc1. The quantitative estimate of drug-likeness (QED) is 0.884. The van der Waals surface area contributed by atoms with Crippen LogP contribution in [0.3, 0.4) is 0 Å². The summed E-state index contributed by atoms with van der Waals surface area (Å²) in [5.74, 6) is 0. The zero-order chi connectivity index (χ0) is 15.2. The van der Waals surface area contributed by atoms with Gasteiger partial charge >= 0.3 is 0 Å². The van der Waals surface area contributed by atoms with E-state index in [1.54, 1.807) is 6.07 Å². The minimum atomic E-state index is 0.0951. The standard InChI is InChI=1S/C18H24N2O/c1-4-5-6-15-7-9-17(10-8-15)20-13-16(12-19-3)18(21)11-14(20)2/h7-11,13,19H,4-6,12H2,1-3H3. The first-order valence-electron chi connectivity index (χ1n) is 7.61. The highest BCUT2D eigenvalue weighted by atomic mass is 16.1. The van der Waals surface area contributed by atoms with Crippen molar-refractivity contribution in [3.8, 4) is 5.69 Å². The van der Waals surface area contributed by atoms with Crippen LogP contribution in [0.2, 0.25) is 0 Å². The molecule has 0 bridgehead atoms. The number of hydrogen-bond donors (Lipinski definition) is 1. The molecule has 2 rings (SSSR count). The molecule has 1 heterocycles. The van der Waals surface area contributed by atoms with Crippen molar-refractivity contribution >= 4 is 0 Å². The molecule has 2 aromatic rings. The lowest BCUT2D eigenvalue weighted by Crippen LogP contribution is -2.19. The molecule has 0 unspecified atom stereocenters. The van der Waals surface area contributed by atoms with Gasteiger partial charge in [-0.3, -0.25) is 4.79 Å². The van der Waals surface area contributed by atoms with Crippen LogP contribution in [0.25, 0.3) is 5.69 Å². The van der Waals surface area contributed by atoms with Gasteiger partial charge in [0.05, 0.1) is 0 Å². The number of aryl methyl sites for hydroxylation is 2. The van der Waals surface area contributed by atoms with Gasteiger partial charge in [-0.2, -0.15) is 0 Å². The second-order valence-electron chi connectivity index (χ2n) is 5.47. The van der Waals surface area contributed by atoms with Crippen LogP contribution in [-0.4, -0.2) is 11.6 Å². The lowest BCUT2D eigenvalue weighted by atomic mass is 10.1. The summed E-state index contributed by atoms with van der Waals surface area (Å²) < 4.78 is 2.08. The molecule has 0 aliphatic heterocycles. The highest BCUT2D eigenvalue weighted by Gasteiger charge is 2.05. The van der Waals surface area contributed by atoms with Crippen LogP contribution in [0.1, 0.15) is 36.6 Å². The molecule has 0 aliphatic carbocycles. The monoisotopic (exact) mass is 284 g/mol. The van der Waals surface area contributed by atoms with Gasteiger partial charge in [0.1, 0.15) is 0 Å². The van der Waals surface area contributed by atoms with Crippen molar-refractivity contribution in [1.82, 2.24) is 9.88 Å². The van der Waals surface area contributed by atoms with Gasteiger partial charge in [-0.25, -0.2) is 0 Å². The molecule has 21 heavy (non-hydrogen) atoms. The summed E-state index contributed by atoms with van der Waals surface area (Å²) in [6, 6.07) is 10.3. The predicted octanol–water partition coefficient (Wildman–Crippen LogP) is 3.21. The molecule has 3 nitrogen and oxygen atoms in total. The first kappa shape index (κ1) is 15.5. The molecule has 0 spiro atoms. The summed E-state index contributed by atoms with van der Waals surface area (Å²) >= 11 is 0. The second-order valence-corrected chi connectivity index (χ2v) is 5.47. The third kappa shape index (κ3) is 3.82. The Morgan fingerprint density at radius 1 is 1.19 bits per heavy atom. The number of rotatable bonds is 6. The molecule has 0 radical (unpaired) electrons. The molecule has 0 amide bonds. The maximum absolute atomic E-state index is 11.9. The third-order valence-electron chi connectivity index (χ3n) is 3.72. The van der Waals surface area contributed by atoms with Crippen LogP contribution in [0.4, 0.5) is 0 Å². The Kier molecular flexibility index (Phi) is 5.34. The van der Waals surface area contributed by atoms with Gasteiger partial charge in [-0.1, -0.05) is 25.5 Å². The van der Waals surface area contributed by atoms with E-state index in [0.29, 0.717) is 6.54 Å². The molecular weight excluding hydrogens is 260 g/mol. The van der Waals surface area contributed by atoms with E-state index < -0.39 is 0 Å². The lowest BCUT2D eigenvalue weighted by Gasteiger charge is -2.13. The maximum Gasteiger partial charge on any atom is 0.186 e. The number of nitrogens with one attached hydrogen (secondary N) is 1. The van der Waals surface area contributed by atoms with Gasteiger partial charge in [-0.15, -0.1) is 0 Å². The van der Waals surface area contributed by atoms with Crippen molar-refractivity contribution in [2.45, 2.75) is 39.7 Å². The van der Waals surface area contributed by atoms with Crippen molar-refractivity contribution in [2.75, 3.05) is 7.05 Å². The Balaban J connectivity index is 2.32. The molecule has 0 fully saturated rings. The Labute approximate surface area is 126 Å². The Hall–Kier alpha value is -1.87. The van der Waals surface area contributed by atoms with Crippen LogP contribution in [0.5, 0.6) is 0 Å². The number of unbranched alkanes of at least 4 members (excludes halogenated alkanes) is 1. The molecule has 1 N–H and O–H groups in total. The fourth-order valence-corrected chi connectivity index (χ4v) is 2.48. The van der Waals surface area contributed by atoms with E-state index in [2.05, 4.69) is 41.1 Å². The van der Waals surface area contributed by atoms with Crippen LogP contribution in [-0.2, 0) is 13.0 Å². The van der Waals surface area contributed by atoms with Crippen LogP contribution >= 0.6 is 0 Å². The zero-order valence-electron chi connectivity index (χ0n) is 13.1. The lowest BCUT2D eigenvalue weighted by molar-refractivity contribution is 0.790. The zero-order valence-corrected chi connectivity index (χ0v) is 13.1. The average molecular weight is 284 g/mol.